The van der Waals surface area contributed by atoms with Gasteiger partial charge in [-0.1, -0.05) is 0 Å². The van der Waals surface area contributed by atoms with Crippen LogP contribution in [-0.4, -0.2) is 42.0 Å². The third-order valence-corrected chi connectivity index (χ3v) is 6.02. The van der Waals surface area contributed by atoms with Crippen LogP contribution in [0.25, 0.3) is 0 Å². The molecule has 3 aliphatic rings. The summed E-state index contributed by atoms with van der Waals surface area (Å²) in [7, 11) is 0. The minimum Gasteiger partial charge on any atom is -0.367 e. The Bertz CT molecular complexity index is 778. The van der Waals surface area contributed by atoms with E-state index in [2.05, 4.69) is 5.32 Å². The highest BCUT2D eigenvalue weighted by atomic mass is 16.5. The summed E-state index contributed by atoms with van der Waals surface area (Å²) in [6, 6.07) is 7.08. The minimum absolute atomic E-state index is 0.0949. The van der Waals surface area contributed by atoms with Crippen LogP contribution < -0.4 is 16.0 Å². The van der Waals surface area contributed by atoms with Crippen molar-refractivity contribution < 1.29 is 19.1 Å². The highest BCUT2D eigenvalue weighted by molar-refractivity contribution is 5.97. The number of hydrogen-bond donors (Lipinski definition) is 2. The van der Waals surface area contributed by atoms with Crippen LogP contribution in [0.4, 0.5) is 5.69 Å². The summed E-state index contributed by atoms with van der Waals surface area (Å²) in [6.07, 6.45) is 6.84. The quantitative estimate of drug-likeness (QED) is 0.825. The van der Waals surface area contributed by atoms with E-state index in [1.807, 2.05) is 18.6 Å². The number of carbonyl (C=O) groups is 3. The molecule has 3 N–H and O–H groups in total. The highest BCUT2D eigenvalue weighted by Gasteiger charge is 2.47. The molecule has 2 heterocycles. The zero-order valence-electron chi connectivity index (χ0n) is 15.9. The number of primary amides is 1. The van der Waals surface area contributed by atoms with E-state index in [0.717, 1.165) is 31.5 Å². The maximum Gasteiger partial charge on any atom is 0.251 e. The van der Waals surface area contributed by atoms with Crippen molar-refractivity contribution in [3.8, 4) is 0 Å². The van der Waals surface area contributed by atoms with Gasteiger partial charge in [-0.2, -0.15) is 0 Å². The van der Waals surface area contributed by atoms with Gasteiger partial charge in [-0.3, -0.25) is 14.4 Å². The molecule has 0 aromatic heterocycles. The molecule has 1 aliphatic carbocycles. The normalized spacial score (nSPS) is 30.0. The Morgan fingerprint density at radius 3 is 2.68 bits per heavy atom. The molecule has 3 unspecified atom stereocenters. The van der Waals surface area contributed by atoms with Gasteiger partial charge in [-0.15, -0.1) is 0 Å². The van der Waals surface area contributed by atoms with Gasteiger partial charge in [0.15, 0.2) is 0 Å². The second kappa shape index (κ2) is 7.54. The fraction of sp³-hybridized carbons (Fsp3) is 0.524. The van der Waals surface area contributed by atoms with Crippen LogP contribution in [0.1, 0.15) is 55.3 Å². The van der Waals surface area contributed by atoms with Gasteiger partial charge in [0.1, 0.15) is 6.10 Å². The van der Waals surface area contributed by atoms with Crippen molar-refractivity contribution in [2.75, 3.05) is 11.4 Å². The monoisotopic (exact) mass is 384 g/mol. The standard InChI is InChI=1S/C21H26N3O4/c22-19(26)17-9-11-21(28-17)10-8-15(13-21)23-20(27)14-4-6-16(7-5-14)24-12-2-1-3-18(24)25/h4-8,15,17H,1-3,9-13H2,(H2,22,26)(H,23,27). The van der Waals surface area contributed by atoms with Crippen LogP contribution in [0.15, 0.2) is 24.3 Å². The Kier molecular flexibility index (Phi) is 5.10. The number of benzene rings is 1. The van der Waals surface area contributed by atoms with Crippen LogP contribution in [-0.2, 0) is 14.3 Å². The molecule has 1 aromatic carbocycles. The zero-order valence-corrected chi connectivity index (χ0v) is 15.9. The maximum absolute atomic E-state index is 12.6. The predicted octanol–water partition coefficient (Wildman–Crippen LogP) is 1.70. The fourth-order valence-corrected chi connectivity index (χ4v) is 4.47. The zero-order chi connectivity index (χ0) is 19.7. The molecular formula is C21H26N3O4. The largest absolute Gasteiger partial charge is 0.367 e. The van der Waals surface area contributed by atoms with E-state index in [1.54, 1.807) is 17.0 Å². The third kappa shape index (κ3) is 3.76. The first-order valence-corrected chi connectivity index (χ1v) is 9.98. The lowest BCUT2D eigenvalue weighted by atomic mass is 9.97. The van der Waals surface area contributed by atoms with Crippen LogP contribution >= 0.6 is 0 Å². The van der Waals surface area contributed by atoms with Crippen LogP contribution in [0.5, 0.6) is 0 Å². The number of anilines is 1. The van der Waals surface area contributed by atoms with Gasteiger partial charge in [0.25, 0.3) is 5.91 Å². The number of carbonyl (C=O) groups excluding carboxylic acids is 3. The van der Waals surface area contributed by atoms with Crippen LogP contribution in [0.2, 0.25) is 0 Å². The molecule has 1 saturated carbocycles. The molecule has 3 fully saturated rings. The summed E-state index contributed by atoms with van der Waals surface area (Å²) in [5.41, 5.74) is 6.37. The summed E-state index contributed by atoms with van der Waals surface area (Å²) in [5, 5.41) is 3.03. The summed E-state index contributed by atoms with van der Waals surface area (Å²) in [4.78, 5) is 37.8. The van der Waals surface area contributed by atoms with Gasteiger partial charge < -0.3 is 20.7 Å². The second-order valence-electron chi connectivity index (χ2n) is 8.00. The van der Waals surface area contributed by atoms with Crippen molar-refractivity contribution in [2.24, 2.45) is 5.73 Å². The van der Waals surface area contributed by atoms with E-state index < -0.39 is 12.0 Å². The number of amides is 3. The van der Waals surface area contributed by atoms with E-state index in [0.29, 0.717) is 31.2 Å². The van der Waals surface area contributed by atoms with Gasteiger partial charge >= 0.3 is 0 Å². The third-order valence-electron chi connectivity index (χ3n) is 6.02. The molecule has 2 aliphatic heterocycles. The Hall–Kier alpha value is -2.41. The first-order chi connectivity index (χ1) is 13.5. The first kappa shape index (κ1) is 18.9. The van der Waals surface area contributed by atoms with Crippen molar-refractivity contribution in [1.29, 1.82) is 0 Å². The lowest BCUT2D eigenvalue weighted by molar-refractivity contribution is -0.133. The molecule has 1 spiro atoms. The molecule has 7 heteroatoms. The number of nitrogens with two attached hydrogens (primary N) is 1. The highest BCUT2D eigenvalue weighted by Crippen LogP contribution is 2.43. The predicted molar refractivity (Wildman–Crippen MR) is 103 cm³/mol. The number of nitrogens with one attached hydrogen (secondary N) is 1. The average molecular weight is 384 g/mol. The lowest BCUT2D eigenvalue weighted by Gasteiger charge is -2.27. The van der Waals surface area contributed by atoms with Crippen LogP contribution in [0.3, 0.4) is 0 Å². The molecule has 1 aromatic rings. The van der Waals surface area contributed by atoms with Gasteiger partial charge in [0.2, 0.25) is 11.8 Å². The van der Waals surface area contributed by atoms with Crippen LogP contribution in [0, 0.1) is 6.42 Å². The number of nitrogens with zero attached hydrogens (tertiary/aromatic N) is 1. The Balaban J connectivity index is 1.34. The summed E-state index contributed by atoms with van der Waals surface area (Å²) < 4.78 is 5.89. The fourth-order valence-electron chi connectivity index (χ4n) is 4.47. The molecule has 0 bridgehead atoms. The molecule has 149 valence electrons. The number of ether oxygens (including phenoxy) is 1. The Morgan fingerprint density at radius 1 is 1.21 bits per heavy atom. The number of rotatable bonds is 4. The van der Waals surface area contributed by atoms with Crippen molar-refractivity contribution in [3.05, 3.63) is 36.2 Å². The molecule has 2 saturated heterocycles. The van der Waals surface area contributed by atoms with E-state index in [9.17, 15) is 14.4 Å². The lowest BCUT2D eigenvalue weighted by Crippen LogP contribution is -2.37. The summed E-state index contributed by atoms with van der Waals surface area (Å²) in [5.74, 6) is -0.434. The molecule has 4 rings (SSSR count). The second-order valence-corrected chi connectivity index (χ2v) is 8.00. The van der Waals surface area contributed by atoms with E-state index >= 15 is 0 Å². The average Bonchev–Trinajstić information content (AvgIpc) is 3.29. The van der Waals surface area contributed by atoms with Crippen molar-refractivity contribution in [1.82, 2.24) is 5.32 Å². The molecule has 3 atom stereocenters. The maximum atomic E-state index is 12.6. The Labute approximate surface area is 164 Å². The van der Waals surface area contributed by atoms with E-state index in [1.165, 1.54) is 0 Å². The van der Waals surface area contributed by atoms with Crippen molar-refractivity contribution in [3.63, 3.8) is 0 Å². The van der Waals surface area contributed by atoms with Gasteiger partial charge in [-0.25, -0.2) is 0 Å². The first-order valence-electron chi connectivity index (χ1n) is 9.98. The van der Waals surface area contributed by atoms with Crippen molar-refractivity contribution >= 4 is 23.4 Å². The van der Waals surface area contributed by atoms with Crippen molar-refractivity contribution in [2.45, 2.75) is 62.7 Å². The Morgan fingerprint density at radius 2 is 2.00 bits per heavy atom. The molecule has 28 heavy (non-hydrogen) atoms. The number of piperidine rings is 1. The van der Waals surface area contributed by atoms with Gasteiger partial charge in [0, 0.05) is 30.3 Å². The molecule has 3 amide bonds. The molecule has 7 nitrogen and oxygen atoms in total. The smallest absolute Gasteiger partial charge is 0.251 e. The topological polar surface area (TPSA) is 102 Å². The van der Waals surface area contributed by atoms with Gasteiger partial charge in [0.05, 0.1) is 5.60 Å². The summed E-state index contributed by atoms with van der Waals surface area (Å²) >= 11 is 0. The van der Waals surface area contributed by atoms with Gasteiger partial charge in [-0.05, 0) is 69.2 Å². The molecular weight excluding hydrogens is 358 g/mol. The molecule has 1 radical (unpaired) electrons. The minimum atomic E-state index is -0.520. The number of hydrogen-bond acceptors (Lipinski definition) is 4. The summed E-state index contributed by atoms with van der Waals surface area (Å²) in [6.45, 7) is 0.732. The van der Waals surface area contributed by atoms with E-state index in [-0.39, 0.29) is 23.5 Å². The van der Waals surface area contributed by atoms with E-state index in [4.69, 9.17) is 10.5 Å². The SMILES string of the molecule is NC(=O)C1CCC2(C[CH]C(NC(=O)c3ccc(N4CCCCC4=O)cc3)C2)O1.